The molecule has 0 bridgehead atoms. The first-order valence-corrected chi connectivity index (χ1v) is 15.1. The molecule has 0 N–H and O–H groups in total. The molecule has 0 amide bonds. The second kappa shape index (κ2) is 16.6. The highest BCUT2D eigenvalue weighted by atomic mass is 35.6. The molecular weight excluding hydrogens is 773 g/mol. The van der Waals surface area contributed by atoms with Gasteiger partial charge in [-0.3, -0.25) is 0 Å². The minimum absolute atomic E-state index is 0.0907. The molecule has 0 aromatic rings. The molecule has 0 rings (SSSR count). The van der Waals surface area contributed by atoms with Gasteiger partial charge in [0.05, 0.1) is 10.8 Å². The summed E-state index contributed by atoms with van der Waals surface area (Å²) in [6.45, 7) is 0. The van der Waals surface area contributed by atoms with Crippen LogP contribution in [-0.4, -0.2) is 52.4 Å². The van der Waals surface area contributed by atoms with E-state index in [-0.39, 0.29) is 51.4 Å². The third kappa shape index (κ3) is 13.2. The predicted octanol–water partition coefficient (Wildman–Crippen LogP) is 10.9. The molecule has 0 aromatic carbocycles. The minimum Gasteiger partial charge on any atom is -0.244 e. The second-order valence-corrected chi connectivity index (χ2v) is 15.0. The van der Waals surface area contributed by atoms with Crippen LogP contribution in [0.15, 0.2) is 0 Å². The van der Waals surface area contributed by atoms with Crippen molar-refractivity contribution < 1.29 is 45.7 Å². The van der Waals surface area contributed by atoms with Crippen LogP contribution in [0.25, 0.3) is 0 Å². The van der Waals surface area contributed by atoms with Crippen molar-refractivity contribution in [3.63, 3.8) is 0 Å². The van der Waals surface area contributed by atoms with Crippen LogP contribution in [0.1, 0.15) is 64.2 Å². The Morgan fingerprint density at radius 3 is 1.05 bits per heavy atom. The Bertz CT molecular complexity index is 759. The minimum atomic E-state index is -4.33. The molecule has 0 aliphatic heterocycles. The van der Waals surface area contributed by atoms with Gasteiger partial charge in [-0.1, -0.05) is 118 Å². The molecule has 0 saturated heterocycles. The Morgan fingerprint density at radius 2 is 0.800 bits per heavy atom. The summed E-state index contributed by atoms with van der Waals surface area (Å²) in [7, 11) is 0. The molecular formula is C20H22Cl10F6O4. The monoisotopic (exact) mass is 790 g/mol. The molecule has 2 unspecified atom stereocenters. The number of hydrogen-bond donors (Lipinski definition) is 0. The summed E-state index contributed by atoms with van der Waals surface area (Å²) >= 11 is 60.0. The van der Waals surface area contributed by atoms with Crippen LogP contribution in [0.5, 0.6) is 0 Å². The van der Waals surface area contributed by atoms with E-state index in [0.717, 1.165) is 0 Å². The Morgan fingerprint density at radius 1 is 0.525 bits per heavy atom. The van der Waals surface area contributed by atoms with Gasteiger partial charge in [0.25, 0.3) is 8.67 Å². The SMILES string of the molecule is O=C(OOC(=O)C(Cl)(Cl)C(Cl)(Cl)C(Cl)CCCCCC(F)(F)F)C(Cl)(Cl)C(Cl)(Cl)C(Cl)CCCCCC(F)(F)F. The lowest BCUT2D eigenvalue weighted by Crippen LogP contribution is -2.52. The van der Waals surface area contributed by atoms with Gasteiger partial charge >= 0.3 is 24.3 Å². The van der Waals surface area contributed by atoms with Gasteiger partial charge in [0.15, 0.2) is 8.67 Å². The normalized spacial score (nSPS) is 15.5. The Hall–Kier alpha value is 1.42. The number of carbonyl (C=O) groups excluding carboxylic acids is 2. The van der Waals surface area contributed by atoms with Crippen molar-refractivity contribution in [3.05, 3.63) is 0 Å². The number of alkyl halides is 16. The van der Waals surface area contributed by atoms with Crippen molar-refractivity contribution in [1.29, 1.82) is 0 Å². The first-order chi connectivity index (χ1) is 17.8. The number of rotatable bonds is 16. The maximum atomic E-state index is 12.4. The Kier molecular flexibility index (Phi) is 17.2. The summed E-state index contributed by atoms with van der Waals surface area (Å²) < 4.78 is 62.6. The zero-order valence-electron chi connectivity index (χ0n) is 19.9. The highest BCUT2D eigenvalue weighted by molar-refractivity contribution is 6.71. The smallest absolute Gasteiger partial charge is 0.244 e. The Labute approximate surface area is 276 Å². The number of halogens is 16. The summed E-state index contributed by atoms with van der Waals surface area (Å²) in [5.74, 6) is -3.55. The Balaban J connectivity index is 5.03. The molecule has 40 heavy (non-hydrogen) atoms. The highest BCUT2D eigenvalue weighted by Crippen LogP contribution is 2.51. The van der Waals surface area contributed by atoms with Gasteiger partial charge in [-0.15, -0.1) is 23.2 Å². The van der Waals surface area contributed by atoms with Crippen molar-refractivity contribution in [3.8, 4) is 0 Å². The van der Waals surface area contributed by atoms with Crippen LogP contribution >= 0.6 is 116 Å². The van der Waals surface area contributed by atoms with Crippen LogP contribution in [0.3, 0.4) is 0 Å². The van der Waals surface area contributed by atoms with Crippen molar-refractivity contribution in [2.45, 2.75) is 105 Å². The molecule has 0 radical (unpaired) electrons. The summed E-state index contributed by atoms with van der Waals surface area (Å²) in [5.41, 5.74) is 0. The molecule has 0 spiro atoms. The van der Waals surface area contributed by atoms with E-state index in [2.05, 4.69) is 9.78 Å². The van der Waals surface area contributed by atoms with Gasteiger partial charge < -0.3 is 0 Å². The quantitative estimate of drug-likeness (QED) is 0.0513. The lowest BCUT2D eigenvalue weighted by molar-refractivity contribution is -0.260. The second-order valence-electron chi connectivity index (χ2n) is 8.50. The first kappa shape index (κ1) is 41.4. The highest BCUT2D eigenvalue weighted by Gasteiger charge is 2.61. The summed E-state index contributed by atoms with van der Waals surface area (Å²) in [4.78, 5) is 33.3. The van der Waals surface area contributed by atoms with E-state index in [0.29, 0.717) is 0 Å². The zero-order valence-corrected chi connectivity index (χ0v) is 27.5. The van der Waals surface area contributed by atoms with Crippen LogP contribution in [0.2, 0.25) is 0 Å². The van der Waals surface area contributed by atoms with Gasteiger partial charge in [0.1, 0.15) is 0 Å². The lowest BCUT2D eigenvalue weighted by atomic mass is 10.1. The lowest BCUT2D eigenvalue weighted by Gasteiger charge is -2.35. The van der Waals surface area contributed by atoms with E-state index >= 15 is 0 Å². The van der Waals surface area contributed by atoms with Gasteiger partial charge in [-0.2, -0.15) is 26.3 Å². The molecule has 0 heterocycles. The fraction of sp³-hybridized carbons (Fsp3) is 0.900. The number of carbonyl (C=O) groups is 2. The summed E-state index contributed by atoms with van der Waals surface area (Å²) in [5, 5.41) is -2.79. The van der Waals surface area contributed by atoms with E-state index in [1.165, 1.54) is 0 Å². The molecule has 0 aliphatic carbocycles. The van der Waals surface area contributed by atoms with E-state index in [4.69, 9.17) is 116 Å². The van der Waals surface area contributed by atoms with Crippen LogP contribution in [0, 0.1) is 0 Å². The maximum absolute atomic E-state index is 12.4. The van der Waals surface area contributed by atoms with Crippen LogP contribution in [-0.2, 0) is 19.4 Å². The van der Waals surface area contributed by atoms with Crippen molar-refractivity contribution in [2.24, 2.45) is 0 Å². The van der Waals surface area contributed by atoms with Gasteiger partial charge in [-0.05, 0) is 25.7 Å². The van der Waals surface area contributed by atoms with Crippen molar-refractivity contribution >= 4 is 128 Å². The molecule has 0 aliphatic rings. The molecule has 0 fully saturated rings. The van der Waals surface area contributed by atoms with E-state index in [1.54, 1.807) is 0 Å². The summed E-state index contributed by atoms with van der Waals surface area (Å²) in [6.07, 6.45) is -10.9. The number of hydrogen-bond acceptors (Lipinski definition) is 4. The van der Waals surface area contributed by atoms with E-state index in [9.17, 15) is 35.9 Å². The van der Waals surface area contributed by atoms with Crippen LogP contribution < -0.4 is 0 Å². The predicted molar refractivity (Wildman–Crippen MR) is 147 cm³/mol. The molecule has 20 heteroatoms. The fourth-order valence-electron chi connectivity index (χ4n) is 2.86. The maximum Gasteiger partial charge on any atom is 0.394 e. The first-order valence-electron chi connectivity index (χ1n) is 11.2. The van der Waals surface area contributed by atoms with Crippen molar-refractivity contribution in [1.82, 2.24) is 0 Å². The summed E-state index contributed by atoms with van der Waals surface area (Å²) in [6, 6.07) is 0. The largest absolute Gasteiger partial charge is 0.394 e. The third-order valence-corrected chi connectivity index (χ3v) is 11.5. The standard InChI is InChI=1S/C20H22Cl10F6O4/c21-11(7-3-1-5-9-15(31,32)33)17(23,24)19(27,28)13(37)39-40-14(38)20(29,30)18(25,26)12(22)8-4-2-6-10-16(34,35)36/h11-12H,1-10H2. The van der Waals surface area contributed by atoms with Gasteiger partial charge in [-0.25, -0.2) is 19.4 Å². The van der Waals surface area contributed by atoms with E-state index in [1.807, 2.05) is 0 Å². The number of unbranched alkanes of at least 4 members (excludes halogenated alkanes) is 4. The average molecular weight is 795 g/mol. The fourth-order valence-corrected chi connectivity index (χ4v) is 5.12. The zero-order chi connectivity index (χ0) is 31.8. The van der Waals surface area contributed by atoms with Gasteiger partial charge in [0, 0.05) is 12.8 Å². The topological polar surface area (TPSA) is 52.6 Å². The molecule has 2 atom stereocenters. The average Bonchev–Trinajstić information content (AvgIpc) is 2.79. The van der Waals surface area contributed by atoms with Crippen LogP contribution in [0.4, 0.5) is 26.3 Å². The van der Waals surface area contributed by atoms with E-state index < -0.39 is 65.2 Å². The molecule has 238 valence electrons. The molecule has 0 aromatic heterocycles. The molecule has 0 saturated carbocycles. The van der Waals surface area contributed by atoms with Gasteiger partial charge in [0.2, 0.25) is 0 Å². The molecule has 4 nitrogen and oxygen atoms in total. The van der Waals surface area contributed by atoms with Crippen molar-refractivity contribution in [2.75, 3.05) is 0 Å². The third-order valence-electron chi connectivity index (χ3n) is 5.17.